The SMILES string of the molecule is CC(C)(C(=O)NC1CCCOC1)C1CCCNC1. The molecule has 2 N–H and O–H groups in total. The summed E-state index contributed by atoms with van der Waals surface area (Å²) in [6, 6.07) is 0.210. The Morgan fingerprint density at radius 1 is 1.33 bits per heavy atom. The molecule has 2 heterocycles. The Morgan fingerprint density at radius 3 is 2.78 bits per heavy atom. The van der Waals surface area contributed by atoms with Crippen LogP contribution in [0.4, 0.5) is 0 Å². The van der Waals surface area contributed by atoms with Gasteiger partial charge in [-0.3, -0.25) is 4.79 Å². The summed E-state index contributed by atoms with van der Waals surface area (Å²) in [4.78, 5) is 12.4. The summed E-state index contributed by atoms with van der Waals surface area (Å²) in [7, 11) is 0. The third kappa shape index (κ3) is 3.23. The van der Waals surface area contributed by atoms with Gasteiger partial charge in [-0.25, -0.2) is 0 Å². The highest BCUT2D eigenvalue weighted by atomic mass is 16.5. The Balaban J connectivity index is 1.88. The molecule has 4 nitrogen and oxygen atoms in total. The van der Waals surface area contributed by atoms with Gasteiger partial charge in [0.25, 0.3) is 0 Å². The van der Waals surface area contributed by atoms with Crippen LogP contribution in [0.25, 0.3) is 0 Å². The second kappa shape index (κ2) is 6.02. The maximum absolute atomic E-state index is 12.4. The quantitative estimate of drug-likeness (QED) is 0.798. The number of hydrogen-bond acceptors (Lipinski definition) is 3. The molecule has 0 radical (unpaired) electrons. The number of carbonyl (C=O) groups is 1. The minimum Gasteiger partial charge on any atom is -0.379 e. The molecular weight excluding hydrogens is 228 g/mol. The van der Waals surface area contributed by atoms with E-state index in [1.807, 2.05) is 0 Å². The molecule has 0 spiro atoms. The molecule has 2 fully saturated rings. The first kappa shape index (κ1) is 13.8. The highest BCUT2D eigenvalue weighted by molar-refractivity contribution is 5.82. The first-order valence-corrected chi connectivity index (χ1v) is 7.20. The van der Waals surface area contributed by atoms with Crippen LogP contribution in [0.15, 0.2) is 0 Å². The zero-order valence-electron chi connectivity index (χ0n) is 11.6. The second-order valence-corrected chi connectivity index (χ2v) is 6.15. The summed E-state index contributed by atoms with van der Waals surface area (Å²) in [5, 5.41) is 6.56. The van der Waals surface area contributed by atoms with Crippen molar-refractivity contribution < 1.29 is 9.53 Å². The summed E-state index contributed by atoms with van der Waals surface area (Å²) in [5.74, 6) is 0.627. The Labute approximate surface area is 110 Å². The van der Waals surface area contributed by atoms with E-state index < -0.39 is 0 Å². The predicted octanol–water partition coefficient (Wildman–Crippen LogP) is 1.31. The van der Waals surface area contributed by atoms with Crippen LogP contribution in [0.1, 0.15) is 39.5 Å². The van der Waals surface area contributed by atoms with Crippen LogP contribution in [-0.4, -0.2) is 38.3 Å². The van der Waals surface area contributed by atoms with Crippen molar-refractivity contribution in [3.05, 3.63) is 0 Å². The molecule has 2 saturated heterocycles. The van der Waals surface area contributed by atoms with E-state index in [1.165, 1.54) is 6.42 Å². The monoisotopic (exact) mass is 254 g/mol. The molecule has 2 atom stereocenters. The predicted molar refractivity (Wildman–Crippen MR) is 71.4 cm³/mol. The molecule has 18 heavy (non-hydrogen) atoms. The number of carbonyl (C=O) groups excluding carboxylic acids is 1. The first-order valence-electron chi connectivity index (χ1n) is 7.20. The molecule has 0 aromatic rings. The van der Waals surface area contributed by atoms with Gasteiger partial charge >= 0.3 is 0 Å². The average Bonchev–Trinajstić information content (AvgIpc) is 2.41. The van der Waals surface area contributed by atoms with Crippen molar-refractivity contribution in [3.8, 4) is 0 Å². The van der Waals surface area contributed by atoms with E-state index in [0.29, 0.717) is 12.5 Å². The van der Waals surface area contributed by atoms with Crippen LogP contribution in [0, 0.1) is 11.3 Å². The standard InChI is InChI=1S/C14H26N2O2/c1-14(2,11-5-3-7-15-9-11)13(17)16-12-6-4-8-18-10-12/h11-12,15H,3-10H2,1-2H3,(H,16,17). The molecule has 0 aliphatic carbocycles. The lowest BCUT2D eigenvalue weighted by Crippen LogP contribution is -2.51. The Morgan fingerprint density at radius 2 is 2.17 bits per heavy atom. The lowest BCUT2D eigenvalue weighted by molar-refractivity contribution is -0.134. The van der Waals surface area contributed by atoms with Crippen molar-refractivity contribution >= 4 is 5.91 Å². The zero-order valence-corrected chi connectivity index (χ0v) is 11.6. The van der Waals surface area contributed by atoms with E-state index in [1.54, 1.807) is 0 Å². The number of hydrogen-bond donors (Lipinski definition) is 2. The molecule has 2 aliphatic rings. The minimum atomic E-state index is -0.287. The summed E-state index contributed by atoms with van der Waals surface area (Å²) in [5.41, 5.74) is -0.287. The van der Waals surface area contributed by atoms with E-state index in [0.717, 1.165) is 39.0 Å². The van der Waals surface area contributed by atoms with Crippen LogP contribution in [-0.2, 0) is 9.53 Å². The van der Waals surface area contributed by atoms with Crippen molar-refractivity contribution in [1.29, 1.82) is 0 Å². The van der Waals surface area contributed by atoms with Gasteiger partial charge in [0.15, 0.2) is 0 Å². The molecule has 4 heteroatoms. The van der Waals surface area contributed by atoms with Gasteiger partial charge in [-0.1, -0.05) is 13.8 Å². The summed E-state index contributed by atoms with van der Waals surface area (Å²) in [6.45, 7) is 7.70. The smallest absolute Gasteiger partial charge is 0.226 e. The highest BCUT2D eigenvalue weighted by Gasteiger charge is 2.38. The summed E-state index contributed by atoms with van der Waals surface area (Å²) >= 11 is 0. The van der Waals surface area contributed by atoms with Crippen molar-refractivity contribution in [2.75, 3.05) is 26.3 Å². The van der Waals surface area contributed by atoms with Crippen molar-refractivity contribution in [2.45, 2.75) is 45.6 Å². The number of ether oxygens (including phenoxy) is 1. The van der Waals surface area contributed by atoms with Gasteiger partial charge in [-0.15, -0.1) is 0 Å². The molecule has 0 aromatic carbocycles. The lowest BCUT2D eigenvalue weighted by Gasteiger charge is -2.37. The third-order valence-corrected chi connectivity index (χ3v) is 4.40. The molecule has 0 aromatic heterocycles. The minimum absolute atomic E-state index is 0.187. The number of nitrogens with one attached hydrogen (secondary N) is 2. The lowest BCUT2D eigenvalue weighted by atomic mass is 9.74. The third-order valence-electron chi connectivity index (χ3n) is 4.40. The number of rotatable bonds is 3. The van der Waals surface area contributed by atoms with Gasteiger partial charge in [0.1, 0.15) is 0 Å². The molecule has 2 aliphatic heterocycles. The van der Waals surface area contributed by atoms with Gasteiger partial charge < -0.3 is 15.4 Å². The van der Waals surface area contributed by atoms with Crippen molar-refractivity contribution in [3.63, 3.8) is 0 Å². The van der Waals surface area contributed by atoms with E-state index in [9.17, 15) is 4.79 Å². The van der Waals surface area contributed by atoms with E-state index in [4.69, 9.17) is 4.74 Å². The van der Waals surface area contributed by atoms with Crippen LogP contribution < -0.4 is 10.6 Å². The Kier molecular flexibility index (Phi) is 4.62. The van der Waals surface area contributed by atoms with Gasteiger partial charge in [0, 0.05) is 12.0 Å². The van der Waals surface area contributed by atoms with Crippen LogP contribution in [0.2, 0.25) is 0 Å². The first-order chi connectivity index (χ1) is 8.60. The molecule has 0 saturated carbocycles. The van der Waals surface area contributed by atoms with Crippen LogP contribution >= 0.6 is 0 Å². The van der Waals surface area contributed by atoms with E-state index in [-0.39, 0.29) is 17.4 Å². The van der Waals surface area contributed by atoms with E-state index in [2.05, 4.69) is 24.5 Å². The number of amides is 1. The van der Waals surface area contributed by atoms with Gasteiger partial charge in [0.2, 0.25) is 5.91 Å². The topological polar surface area (TPSA) is 50.4 Å². The molecule has 2 unspecified atom stereocenters. The van der Waals surface area contributed by atoms with E-state index >= 15 is 0 Å². The molecule has 1 amide bonds. The highest BCUT2D eigenvalue weighted by Crippen LogP contribution is 2.32. The maximum atomic E-state index is 12.4. The average molecular weight is 254 g/mol. The van der Waals surface area contributed by atoms with Gasteiger partial charge in [-0.2, -0.15) is 0 Å². The fourth-order valence-electron chi connectivity index (χ4n) is 2.88. The molecule has 2 rings (SSSR count). The number of piperidine rings is 1. The van der Waals surface area contributed by atoms with Crippen molar-refractivity contribution in [1.82, 2.24) is 10.6 Å². The van der Waals surface area contributed by atoms with Crippen LogP contribution in [0.5, 0.6) is 0 Å². The van der Waals surface area contributed by atoms with Gasteiger partial charge in [-0.05, 0) is 44.7 Å². The summed E-state index contributed by atoms with van der Waals surface area (Å²) in [6.07, 6.45) is 4.42. The fourth-order valence-corrected chi connectivity index (χ4v) is 2.88. The largest absolute Gasteiger partial charge is 0.379 e. The molecule has 0 bridgehead atoms. The fraction of sp³-hybridized carbons (Fsp3) is 0.929. The van der Waals surface area contributed by atoms with Crippen molar-refractivity contribution in [2.24, 2.45) is 11.3 Å². The zero-order chi connectivity index (χ0) is 13.0. The van der Waals surface area contributed by atoms with Crippen LogP contribution in [0.3, 0.4) is 0 Å². The normalized spacial score (nSPS) is 29.9. The molecule has 104 valence electrons. The summed E-state index contributed by atoms with van der Waals surface area (Å²) < 4.78 is 5.41. The maximum Gasteiger partial charge on any atom is 0.226 e. The molecular formula is C14H26N2O2. The Hall–Kier alpha value is -0.610. The van der Waals surface area contributed by atoms with Gasteiger partial charge in [0.05, 0.1) is 12.6 Å². The Bertz CT molecular complexity index is 280. The second-order valence-electron chi connectivity index (χ2n) is 6.15.